The fourth-order valence-electron chi connectivity index (χ4n) is 9.68. The summed E-state index contributed by atoms with van der Waals surface area (Å²) in [6, 6.07) is 16.2. The average Bonchev–Trinajstić information content (AvgIpc) is 3.69. The van der Waals surface area contributed by atoms with Crippen molar-refractivity contribution >= 4 is 72.5 Å². The highest BCUT2D eigenvalue weighted by molar-refractivity contribution is 7.21. The highest BCUT2D eigenvalue weighted by atomic mass is 32.1. The number of hydrogen-bond donors (Lipinski definition) is 3. The molecule has 298 valence electrons. The number of nitrogens with zero attached hydrogens (tertiary/aromatic N) is 6. The molecule has 0 radical (unpaired) electrons. The number of thiophene rings is 1. The Labute approximate surface area is 339 Å². The molecule has 3 amide bonds. The van der Waals surface area contributed by atoms with Crippen LogP contribution < -0.4 is 26.5 Å². The Morgan fingerprint density at radius 1 is 0.879 bits per heavy atom. The van der Waals surface area contributed by atoms with Crippen molar-refractivity contribution in [1.82, 2.24) is 34.6 Å². The predicted octanol–water partition coefficient (Wildman–Crippen LogP) is 5.78. The average molecular weight is 798 g/mol. The van der Waals surface area contributed by atoms with E-state index in [1.54, 1.807) is 16.2 Å². The molecule has 4 aromatic heterocycles. The number of imidazole rings is 1. The summed E-state index contributed by atoms with van der Waals surface area (Å²) in [7, 11) is 1.76. The molecule has 6 aromatic rings. The molecule has 0 bridgehead atoms. The van der Waals surface area contributed by atoms with E-state index in [1.807, 2.05) is 25.4 Å². The molecule has 8 heterocycles. The molecule has 0 spiro atoms. The third-order valence-corrected chi connectivity index (χ3v) is 14.1. The highest BCUT2D eigenvalue weighted by Gasteiger charge is 2.32. The maximum Gasteiger partial charge on any atom is 0.329 e. The minimum Gasteiger partial charge on any atom is -0.381 e. The van der Waals surface area contributed by atoms with Crippen LogP contribution in [-0.4, -0.2) is 87.0 Å². The number of likely N-dealkylation sites (tertiary alicyclic amines) is 1. The van der Waals surface area contributed by atoms with Crippen molar-refractivity contribution in [3.05, 3.63) is 81.8 Å². The van der Waals surface area contributed by atoms with Crippen LogP contribution in [0.1, 0.15) is 72.6 Å². The van der Waals surface area contributed by atoms with Crippen molar-refractivity contribution in [1.29, 1.82) is 0 Å². The zero-order valence-corrected chi connectivity index (χ0v) is 33.6. The molecule has 2 aromatic carbocycles. The van der Waals surface area contributed by atoms with E-state index in [2.05, 4.69) is 73.2 Å². The van der Waals surface area contributed by atoms with Crippen molar-refractivity contribution < 1.29 is 14.4 Å². The van der Waals surface area contributed by atoms with Gasteiger partial charge in [-0.2, -0.15) is 0 Å². The lowest BCUT2D eigenvalue weighted by atomic mass is 9.88. The minimum atomic E-state index is -0.672. The van der Waals surface area contributed by atoms with E-state index >= 15 is 0 Å². The Hall–Kier alpha value is -5.60. The lowest BCUT2D eigenvalue weighted by molar-refractivity contribution is -0.135. The van der Waals surface area contributed by atoms with Gasteiger partial charge in [0.05, 0.1) is 39.8 Å². The normalized spacial score (nSPS) is 21.3. The monoisotopic (exact) mass is 797 g/mol. The number of benzene rings is 2. The smallest absolute Gasteiger partial charge is 0.329 e. The predicted molar refractivity (Wildman–Crippen MR) is 228 cm³/mol. The summed E-state index contributed by atoms with van der Waals surface area (Å²) in [5.41, 5.74) is 7.39. The SMILES string of the molecule is C[C@@H]1CNc2c(sc3ccc4nc(-c5cncc(N6CCC(CN7CCC(c8ccc9c(c8)n(C)c(=O)n9C8CCC(=O)NC8=O)CC7)CC6)c5)ccc4c23)C(=O)N1. The molecule has 58 heavy (non-hydrogen) atoms. The first-order chi connectivity index (χ1) is 28.2. The van der Waals surface area contributed by atoms with Gasteiger partial charge in [0.25, 0.3) is 5.91 Å². The molecule has 0 saturated carbocycles. The quantitative estimate of drug-likeness (QED) is 0.179. The number of amides is 3. The molecule has 14 heteroatoms. The van der Waals surface area contributed by atoms with Crippen molar-refractivity contribution in [2.75, 3.05) is 49.5 Å². The molecule has 1 unspecified atom stereocenters. The van der Waals surface area contributed by atoms with Crippen molar-refractivity contribution in [3.8, 4) is 11.3 Å². The van der Waals surface area contributed by atoms with E-state index in [4.69, 9.17) is 4.98 Å². The summed E-state index contributed by atoms with van der Waals surface area (Å²) < 4.78 is 4.26. The van der Waals surface area contributed by atoms with Crippen molar-refractivity contribution in [2.45, 2.75) is 63.5 Å². The van der Waals surface area contributed by atoms with E-state index in [0.717, 1.165) is 118 Å². The number of fused-ring (bicyclic) bond motifs is 6. The van der Waals surface area contributed by atoms with Gasteiger partial charge in [-0.25, -0.2) is 9.78 Å². The van der Waals surface area contributed by atoms with Gasteiger partial charge in [0.2, 0.25) is 11.8 Å². The third kappa shape index (κ3) is 6.51. The molecule has 13 nitrogen and oxygen atoms in total. The first kappa shape index (κ1) is 36.7. The maximum absolute atomic E-state index is 13.3. The number of piperidine rings is 3. The van der Waals surface area contributed by atoms with Crippen LogP contribution in [0.3, 0.4) is 0 Å². The van der Waals surface area contributed by atoms with E-state index in [9.17, 15) is 19.2 Å². The molecule has 3 saturated heterocycles. The molecule has 3 N–H and O–H groups in total. The number of nitrogens with one attached hydrogen (secondary N) is 3. The van der Waals surface area contributed by atoms with Gasteiger partial charge in [-0.3, -0.25) is 33.8 Å². The number of hydrogen-bond acceptors (Lipinski definition) is 10. The molecule has 0 aliphatic carbocycles. The number of aromatic nitrogens is 4. The second kappa shape index (κ2) is 14.7. The largest absolute Gasteiger partial charge is 0.381 e. The second-order valence-electron chi connectivity index (χ2n) is 16.6. The first-order valence-corrected chi connectivity index (χ1v) is 21.4. The van der Waals surface area contributed by atoms with E-state index in [0.29, 0.717) is 24.8 Å². The van der Waals surface area contributed by atoms with Crippen LogP contribution in [0.15, 0.2) is 65.7 Å². The summed E-state index contributed by atoms with van der Waals surface area (Å²) in [5, 5.41) is 11.1. The molecule has 4 aliphatic rings. The minimum absolute atomic E-state index is 0.0241. The van der Waals surface area contributed by atoms with Crippen LogP contribution >= 0.6 is 11.3 Å². The molecule has 2 atom stereocenters. The van der Waals surface area contributed by atoms with Crippen molar-refractivity contribution in [2.24, 2.45) is 13.0 Å². The molecule has 4 aliphatic heterocycles. The zero-order valence-electron chi connectivity index (χ0n) is 32.8. The summed E-state index contributed by atoms with van der Waals surface area (Å²) in [4.78, 5) is 66.1. The van der Waals surface area contributed by atoms with E-state index < -0.39 is 11.9 Å². The number of rotatable bonds is 6. The van der Waals surface area contributed by atoms with Crippen molar-refractivity contribution in [3.63, 3.8) is 0 Å². The van der Waals surface area contributed by atoms with Gasteiger partial charge < -0.3 is 20.4 Å². The zero-order chi connectivity index (χ0) is 39.7. The lowest BCUT2D eigenvalue weighted by Gasteiger charge is -2.38. The van der Waals surface area contributed by atoms with Gasteiger partial charge in [-0.05, 0) is 112 Å². The first-order valence-electron chi connectivity index (χ1n) is 20.6. The Kier molecular flexibility index (Phi) is 9.28. The number of pyridine rings is 2. The van der Waals surface area contributed by atoms with Gasteiger partial charge in [0.1, 0.15) is 10.9 Å². The Morgan fingerprint density at radius 3 is 2.52 bits per heavy atom. The Balaban J connectivity index is 0.763. The van der Waals surface area contributed by atoms with E-state index in [-0.39, 0.29) is 30.0 Å². The van der Waals surface area contributed by atoms with Gasteiger partial charge in [0.15, 0.2) is 0 Å². The summed E-state index contributed by atoms with van der Waals surface area (Å²) in [6.07, 6.45) is 8.85. The van der Waals surface area contributed by atoms with Crippen LogP contribution in [0.2, 0.25) is 0 Å². The molecular formula is C44H47N9O4S. The summed E-state index contributed by atoms with van der Waals surface area (Å²) in [6.45, 7) is 7.90. The molecule has 10 rings (SSSR count). The summed E-state index contributed by atoms with van der Waals surface area (Å²) >= 11 is 1.53. The number of aryl methyl sites for hydroxylation is 1. The van der Waals surface area contributed by atoms with E-state index in [1.165, 1.54) is 16.9 Å². The van der Waals surface area contributed by atoms with Gasteiger partial charge in [-0.15, -0.1) is 11.3 Å². The number of carbonyl (C=O) groups excluding carboxylic acids is 3. The van der Waals surface area contributed by atoms with Crippen LogP contribution in [0.25, 0.3) is 43.3 Å². The number of imide groups is 1. The maximum atomic E-state index is 13.3. The van der Waals surface area contributed by atoms with Crippen LogP contribution in [0.5, 0.6) is 0 Å². The number of anilines is 2. The Bertz CT molecular complexity index is 2680. The molecular weight excluding hydrogens is 751 g/mol. The molecule has 3 fully saturated rings. The standard InChI is InChI=1S/C44H47N9O4S/c1-25-21-46-40-39-31-4-5-32(48-33(31)6-9-37(39)58-41(40)43(56)47-25)29-19-30(23-45-22-29)52-17-11-26(12-18-52)24-51-15-13-27(14-16-51)28-3-7-34-36(20-28)50(2)44(57)53(34)35-8-10-38(54)49-42(35)55/h3-7,9,19-20,22-23,25-27,35,46H,8,10-18,21,24H2,1-2H3,(H,47,56)(H,49,54,55)/t25-,35?/m1/s1. The van der Waals surface area contributed by atoms with Crippen LogP contribution in [-0.2, 0) is 16.6 Å². The third-order valence-electron chi connectivity index (χ3n) is 12.9. The number of carbonyl (C=O) groups is 3. The van der Waals surface area contributed by atoms with Crippen LogP contribution in [0, 0.1) is 5.92 Å². The van der Waals surface area contributed by atoms with Gasteiger partial charge in [0, 0.05) is 72.9 Å². The summed E-state index contributed by atoms with van der Waals surface area (Å²) in [5.74, 6) is 0.352. The lowest BCUT2D eigenvalue weighted by Crippen LogP contribution is -2.44. The van der Waals surface area contributed by atoms with Gasteiger partial charge in [-0.1, -0.05) is 6.07 Å². The highest BCUT2D eigenvalue weighted by Crippen LogP contribution is 2.41. The fourth-order valence-corrected chi connectivity index (χ4v) is 10.8. The Morgan fingerprint density at radius 2 is 1.71 bits per heavy atom. The van der Waals surface area contributed by atoms with Gasteiger partial charge >= 0.3 is 5.69 Å². The topological polar surface area (TPSA) is 146 Å². The van der Waals surface area contributed by atoms with Crippen LogP contribution in [0.4, 0.5) is 11.4 Å². The fraction of sp³-hybridized carbons (Fsp3) is 0.409. The second-order valence-corrected chi connectivity index (χ2v) is 17.7.